The van der Waals surface area contributed by atoms with Crippen molar-refractivity contribution in [3.05, 3.63) is 29.8 Å². The first kappa shape index (κ1) is 23.6. The second-order valence-corrected chi connectivity index (χ2v) is 9.69. The van der Waals surface area contributed by atoms with Gasteiger partial charge in [0.05, 0.1) is 6.04 Å². The van der Waals surface area contributed by atoms with Gasteiger partial charge in [-0.05, 0) is 38.5 Å². The Balaban J connectivity index is 0.00000280. The number of guanidine groups is 1. The summed E-state index contributed by atoms with van der Waals surface area (Å²) in [7, 11) is 1.84. The minimum Gasteiger partial charge on any atom is -0.487 e. The summed E-state index contributed by atoms with van der Waals surface area (Å²) in [5.74, 6) is 2.94. The highest BCUT2D eigenvalue weighted by Crippen LogP contribution is 2.39. The maximum Gasteiger partial charge on any atom is 0.191 e. The first-order chi connectivity index (χ1) is 13.0. The molecule has 1 aromatic rings. The van der Waals surface area contributed by atoms with Crippen LogP contribution in [0.3, 0.4) is 0 Å². The average Bonchev–Trinajstić information content (AvgIpc) is 2.65. The molecule has 1 saturated heterocycles. The Kier molecular flexibility index (Phi) is 8.76. The van der Waals surface area contributed by atoms with Gasteiger partial charge in [0.25, 0.3) is 0 Å². The van der Waals surface area contributed by atoms with Crippen LogP contribution in [0.4, 0.5) is 0 Å². The van der Waals surface area contributed by atoms with Gasteiger partial charge < -0.3 is 20.1 Å². The monoisotopic (exact) mass is 519 g/mol. The Bertz CT molecular complexity index is 657. The number of nitrogens with one attached hydrogen (secondary N) is 2. The van der Waals surface area contributed by atoms with E-state index >= 15 is 0 Å². The largest absolute Gasteiger partial charge is 0.487 e. The number of ether oxygens (including phenoxy) is 2. The van der Waals surface area contributed by atoms with Crippen LogP contribution in [0.15, 0.2) is 29.3 Å². The van der Waals surface area contributed by atoms with Crippen LogP contribution in [-0.2, 0) is 4.74 Å². The van der Waals surface area contributed by atoms with Crippen LogP contribution in [0.5, 0.6) is 5.75 Å². The molecule has 0 aromatic heterocycles. The Hall–Kier alpha value is -0.670. The molecular weight excluding hydrogens is 485 g/mol. The van der Waals surface area contributed by atoms with Gasteiger partial charge in [0.15, 0.2) is 5.96 Å². The lowest BCUT2D eigenvalue weighted by atomic mass is 9.90. The van der Waals surface area contributed by atoms with Gasteiger partial charge in [-0.2, -0.15) is 11.8 Å². The lowest BCUT2D eigenvalue weighted by molar-refractivity contribution is 0.0691. The predicted octanol–water partition coefficient (Wildman–Crippen LogP) is 4.37. The van der Waals surface area contributed by atoms with Gasteiger partial charge in [-0.25, -0.2) is 0 Å². The Morgan fingerprint density at radius 2 is 1.96 bits per heavy atom. The fraction of sp³-hybridized carbons (Fsp3) is 0.667. The quantitative estimate of drug-likeness (QED) is 0.344. The van der Waals surface area contributed by atoms with Crippen molar-refractivity contribution in [2.24, 2.45) is 4.99 Å². The van der Waals surface area contributed by atoms with Crippen LogP contribution in [0, 0.1) is 0 Å². The highest BCUT2D eigenvalue weighted by molar-refractivity contribution is 14.0. The van der Waals surface area contributed by atoms with Gasteiger partial charge in [0.2, 0.25) is 0 Å². The number of fused-ring (bicyclic) bond motifs is 1. The number of nitrogens with zero attached hydrogens (tertiary/aromatic N) is 1. The first-order valence-corrected chi connectivity index (χ1v) is 10.9. The normalized spacial score (nSPS) is 23.0. The zero-order valence-electron chi connectivity index (χ0n) is 17.4. The van der Waals surface area contributed by atoms with E-state index in [1.54, 1.807) is 0 Å². The van der Waals surface area contributed by atoms with Crippen LogP contribution < -0.4 is 15.4 Å². The highest BCUT2D eigenvalue weighted by atomic mass is 127. The maximum absolute atomic E-state index is 6.15. The molecule has 7 heteroatoms. The fourth-order valence-electron chi connectivity index (χ4n) is 3.96. The Labute approximate surface area is 190 Å². The van der Waals surface area contributed by atoms with Gasteiger partial charge in [-0.15, -0.1) is 24.0 Å². The molecule has 2 heterocycles. The van der Waals surface area contributed by atoms with Gasteiger partial charge in [-0.3, -0.25) is 4.99 Å². The van der Waals surface area contributed by atoms with E-state index in [1.807, 2.05) is 24.9 Å². The zero-order chi connectivity index (χ0) is 19.3. The van der Waals surface area contributed by atoms with E-state index in [9.17, 15) is 0 Å². The van der Waals surface area contributed by atoms with Crippen molar-refractivity contribution < 1.29 is 9.47 Å². The van der Waals surface area contributed by atoms with Crippen molar-refractivity contribution in [2.75, 3.05) is 32.6 Å². The van der Waals surface area contributed by atoms with E-state index < -0.39 is 0 Å². The molecule has 2 N–H and O–H groups in total. The van der Waals surface area contributed by atoms with E-state index in [-0.39, 0.29) is 40.4 Å². The molecular formula is C21H34IN3O2S. The Morgan fingerprint density at radius 3 is 2.64 bits per heavy atom. The van der Waals surface area contributed by atoms with E-state index in [0.29, 0.717) is 0 Å². The summed E-state index contributed by atoms with van der Waals surface area (Å²) in [5, 5.41) is 7.23. The molecule has 2 aliphatic rings. The maximum atomic E-state index is 6.15. The van der Waals surface area contributed by atoms with Gasteiger partial charge in [0.1, 0.15) is 11.4 Å². The molecule has 158 valence electrons. The van der Waals surface area contributed by atoms with E-state index in [4.69, 9.17) is 9.47 Å². The molecule has 5 nitrogen and oxygen atoms in total. The highest BCUT2D eigenvalue weighted by Gasteiger charge is 2.35. The summed E-state index contributed by atoms with van der Waals surface area (Å²) in [6.45, 7) is 9.12. The number of rotatable bonds is 5. The summed E-state index contributed by atoms with van der Waals surface area (Å²) >= 11 is 2.04. The lowest BCUT2D eigenvalue weighted by Gasteiger charge is -2.39. The zero-order valence-corrected chi connectivity index (χ0v) is 20.6. The molecule has 1 fully saturated rings. The van der Waals surface area contributed by atoms with Crippen molar-refractivity contribution in [2.45, 2.75) is 56.4 Å². The molecule has 3 rings (SSSR count). The SMILES string of the molecule is CCSC1(CNC(=NC)NC2CC(C)(C)Oc3ccccc32)CCOCC1.I. The first-order valence-electron chi connectivity index (χ1n) is 9.94. The third-order valence-electron chi connectivity index (χ3n) is 5.34. The molecule has 1 unspecified atom stereocenters. The van der Waals surface area contributed by atoms with Crippen molar-refractivity contribution in [3.63, 3.8) is 0 Å². The average molecular weight is 519 g/mol. The minimum absolute atomic E-state index is 0. The van der Waals surface area contributed by atoms with Crippen molar-refractivity contribution >= 4 is 41.7 Å². The molecule has 2 aliphatic heterocycles. The second kappa shape index (κ2) is 10.4. The van der Waals surface area contributed by atoms with E-state index in [1.165, 1.54) is 5.56 Å². The number of hydrogen-bond donors (Lipinski definition) is 2. The molecule has 0 spiro atoms. The third kappa shape index (κ3) is 5.92. The second-order valence-electron chi connectivity index (χ2n) is 7.95. The molecule has 28 heavy (non-hydrogen) atoms. The molecule has 1 atom stereocenters. The van der Waals surface area contributed by atoms with Crippen LogP contribution in [0.2, 0.25) is 0 Å². The molecule has 0 radical (unpaired) electrons. The summed E-state index contributed by atoms with van der Waals surface area (Å²) in [5.41, 5.74) is 0.994. The topological polar surface area (TPSA) is 54.9 Å². The lowest BCUT2D eigenvalue weighted by Crippen LogP contribution is -2.50. The predicted molar refractivity (Wildman–Crippen MR) is 129 cm³/mol. The van der Waals surface area contributed by atoms with Crippen LogP contribution in [0.1, 0.15) is 51.6 Å². The number of aliphatic imine (C=N–C) groups is 1. The van der Waals surface area contributed by atoms with Crippen LogP contribution >= 0.6 is 35.7 Å². The number of para-hydroxylation sites is 1. The van der Waals surface area contributed by atoms with Gasteiger partial charge in [-0.1, -0.05) is 25.1 Å². The number of thioether (sulfide) groups is 1. The minimum atomic E-state index is -0.204. The van der Waals surface area contributed by atoms with Crippen molar-refractivity contribution in [1.82, 2.24) is 10.6 Å². The molecule has 0 aliphatic carbocycles. The van der Waals surface area contributed by atoms with Crippen LogP contribution in [-0.4, -0.2) is 48.9 Å². The van der Waals surface area contributed by atoms with E-state index in [0.717, 1.165) is 56.5 Å². The summed E-state index contributed by atoms with van der Waals surface area (Å²) in [4.78, 5) is 4.49. The molecule has 0 saturated carbocycles. The van der Waals surface area contributed by atoms with Crippen LogP contribution in [0.25, 0.3) is 0 Å². The van der Waals surface area contributed by atoms with Gasteiger partial charge in [0, 0.05) is 43.5 Å². The third-order valence-corrected chi connectivity index (χ3v) is 6.80. The summed E-state index contributed by atoms with van der Waals surface area (Å²) < 4.78 is 12.0. The Morgan fingerprint density at radius 1 is 1.25 bits per heavy atom. The molecule has 1 aromatic carbocycles. The molecule has 0 bridgehead atoms. The summed E-state index contributed by atoms with van der Waals surface area (Å²) in [6, 6.07) is 8.47. The summed E-state index contributed by atoms with van der Waals surface area (Å²) in [6.07, 6.45) is 3.07. The van der Waals surface area contributed by atoms with Crippen molar-refractivity contribution in [3.8, 4) is 5.75 Å². The van der Waals surface area contributed by atoms with Gasteiger partial charge >= 0.3 is 0 Å². The number of benzene rings is 1. The van der Waals surface area contributed by atoms with Crippen molar-refractivity contribution in [1.29, 1.82) is 0 Å². The smallest absolute Gasteiger partial charge is 0.191 e. The number of hydrogen-bond acceptors (Lipinski definition) is 4. The van der Waals surface area contributed by atoms with E-state index in [2.05, 4.69) is 54.6 Å². The number of halogens is 1. The standard InChI is InChI=1S/C21H33N3O2S.HI/c1-5-27-21(10-12-25-13-11-21)15-23-19(22-4)24-17-14-20(2,3)26-18-9-7-6-8-16(17)18;/h6-9,17H,5,10-15H2,1-4H3,(H2,22,23,24);1H. The molecule has 0 amide bonds. The fourth-order valence-corrected chi connectivity index (χ4v) is 5.20.